The first-order valence-electron chi connectivity index (χ1n) is 2.19. The molecule has 1 rings (SSSR count). The molecule has 0 aromatic carbocycles. The summed E-state index contributed by atoms with van der Waals surface area (Å²) >= 11 is 0. The van der Waals surface area contributed by atoms with Crippen molar-refractivity contribution >= 4 is 6.21 Å². The third kappa shape index (κ3) is 0.792. The average Bonchev–Trinajstić information content (AvgIpc) is 1.72. The quantitative estimate of drug-likeness (QED) is 0.439. The first-order valence-corrected chi connectivity index (χ1v) is 2.19. The molecule has 1 aliphatic rings. The Balaban J connectivity index is 2.26. The van der Waals surface area contributed by atoms with Crippen molar-refractivity contribution in [2.45, 2.75) is 6.42 Å². The minimum absolute atomic E-state index is 0.819. The van der Waals surface area contributed by atoms with E-state index in [2.05, 4.69) is 10.3 Å². The van der Waals surface area contributed by atoms with Gasteiger partial charge in [-0.3, -0.25) is 10.3 Å². The minimum Gasteiger partial charge on any atom is -0.298 e. The maximum absolute atomic E-state index is 3.94. The summed E-state index contributed by atoms with van der Waals surface area (Å²) in [6, 6.07) is 0. The standard InChI is InChI=1S/C4H8N2/c1-2-5-4-6-3-1/h2,6H,1,3-4H2. The topological polar surface area (TPSA) is 24.4 Å². The third-order valence-corrected chi connectivity index (χ3v) is 0.782. The van der Waals surface area contributed by atoms with Gasteiger partial charge in [0, 0.05) is 12.8 Å². The summed E-state index contributed by atoms with van der Waals surface area (Å²) < 4.78 is 0. The lowest BCUT2D eigenvalue weighted by Crippen LogP contribution is -2.19. The molecule has 0 radical (unpaired) electrons. The van der Waals surface area contributed by atoms with E-state index in [4.69, 9.17) is 0 Å². The van der Waals surface area contributed by atoms with Gasteiger partial charge in [0.2, 0.25) is 0 Å². The van der Waals surface area contributed by atoms with Crippen molar-refractivity contribution < 1.29 is 0 Å². The van der Waals surface area contributed by atoms with Crippen molar-refractivity contribution in [1.82, 2.24) is 5.32 Å². The molecule has 1 heterocycles. The fraction of sp³-hybridized carbons (Fsp3) is 0.750. The molecule has 2 heteroatoms. The fourth-order valence-electron chi connectivity index (χ4n) is 0.466. The Bertz CT molecular complexity index is 50.6. The van der Waals surface area contributed by atoms with Gasteiger partial charge in [0.1, 0.15) is 0 Å². The second-order valence-electron chi connectivity index (χ2n) is 1.31. The van der Waals surface area contributed by atoms with Gasteiger partial charge in [0.05, 0.1) is 6.67 Å². The number of nitrogens with zero attached hydrogens (tertiary/aromatic N) is 1. The van der Waals surface area contributed by atoms with Crippen LogP contribution in [-0.2, 0) is 0 Å². The summed E-state index contributed by atoms with van der Waals surface area (Å²) in [4.78, 5) is 3.94. The van der Waals surface area contributed by atoms with Gasteiger partial charge in [-0.2, -0.15) is 0 Å². The van der Waals surface area contributed by atoms with Crippen LogP contribution >= 0.6 is 0 Å². The van der Waals surface area contributed by atoms with Gasteiger partial charge < -0.3 is 0 Å². The highest BCUT2D eigenvalue weighted by Crippen LogP contribution is 1.76. The Kier molecular flexibility index (Phi) is 1.22. The number of nitrogens with one attached hydrogen (secondary N) is 1. The first kappa shape index (κ1) is 3.81. The minimum atomic E-state index is 0.819. The van der Waals surface area contributed by atoms with Crippen molar-refractivity contribution in [3.05, 3.63) is 0 Å². The SMILES string of the molecule is C1=NCNCC1. The Morgan fingerprint density at radius 3 is 2.83 bits per heavy atom. The Morgan fingerprint density at radius 2 is 2.67 bits per heavy atom. The fourth-order valence-corrected chi connectivity index (χ4v) is 0.466. The smallest absolute Gasteiger partial charge is 0.0880 e. The summed E-state index contributed by atoms with van der Waals surface area (Å²) in [6.07, 6.45) is 3.05. The lowest BCUT2D eigenvalue weighted by Gasteiger charge is -2.01. The van der Waals surface area contributed by atoms with Crippen molar-refractivity contribution in [2.75, 3.05) is 13.2 Å². The van der Waals surface area contributed by atoms with E-state index in [1.165, 1.54) is 0 Å². The predicted molar refractivity (Wildman–Crippen MR) is 26.0 cm³/mol. The molecule has 1 N–H and O–H groups in total. The summed E-state index contributed by atoms with van der Waals surface area (Å²) in [5.74, 6) is 0. The van der Waals surface area contributed by atoms with E-state index in [9.17, 15) is 0 Å². The molecule has 0 bridgehead atoms. The molecule has 0 spiro atoms. The molecule has 0 aromatic heterocycles. The number of rotatable bonds is 0. The molecular weight excluding hydrogens is 76.1 g/mol. The van der Waals surface area contributed by atoms with Crippen LogP contribution in [0.1, 0.15) is 6.42 Å². The van der Waals surface area contributed by atoms with Crippen molar-refractivity contribution in [1.29, 1.82) is 0 Å². The average molecular weight is 84.1 g/mol. The maximum Gasteiger partial charge on any atom is 0.0880 e. The molecule has 0 saturated heterocycles. The van der Waals surface area contributed by atoms with Crippen LogP contribution in [0.2, 0.25) is 0 Å². The van der Waals surface area contributed by atoms with E-state index in [-0.39, 0.29) is 0 Å². The van der Waals surface area contributed by atoms with Gasteiger partial charge in [0.25, 0.3) is 0 Å². The molecule has 2 nitrogen and oxygen atoms in total. The van der Waals surface area contributed by atoms with E-state index in [0.717, 1.165) is 19.6 Å². The molecule has 0 amide bonds. The lowest BCUT2D eigenvalue weighted by molar-refractivity contribution is 0.699. The molecule has 0 atom stereocenters. The Hall–Kier alpha value is -0.370. The molecular formula is C4H8N2. The van der Waals surface area contributed by atoms with Crippen molar-refractivity contribution in [3.63, 3.8) is 0 Å². The van der Waals surface area contributed by atoms with Crippen LogP contribution < -0.4 is 5.32 Å². The Morgan fingerprint density at radius 1 is 1.67 bits per heavy atom. The zero-order valence-electron chi connectivity index (χ0n) is 3.65. The second kappa shape index (κ2) is 1.92. The highest BCUT2D eigenvalue weighted by atomic mass is 15.0. The van der Waals surface area contributed by atoms with Crippen molar-refractivity contribution in [2.24, 2.45) is 4.99 Å². The van der Waals surface area contributed by atoms with E-state index in [0.29, 0.717) is 0 Å². The van der Waals surface area contributed by atoms with Gasteiger partial charge in [-0.1, -0.05) is 0 Å². The molecule has 1 aliphatic heterocycles. The van der Waals surface area contributed by atoms with Crippen LogP contribution in [0, 0.1) is 0 Å². The van der Waals surface area contributed by atoms with Crippen LogP contribution in [0.3, 0.4) is 0 Å². The van der Waals surface area contributed by atoms with E-state index in [1.54, 1.807) is 0 Å². The second-order valence-corrected chi connectivity index (χ2v) is 1.31. The number of aliphatic imine (C=N–C) groups is 1. The van der Waals surface area contributed by atoms with E-state index < -0.39 is 0 Å². The molecule has 0 unspecified atom stereocenters. The predicted octanol–water partition coefficient (Wildman–Crippen LogP) is 0.00800. The van der Waals surface area contributed by atoms with Gasteiger partial charge in [0.15, 0.2) is 0 Å². The highest BCUT2D eigenvalue weighted by Gasteiger charge is 1.85. The molecule has 0 aliphatic carbocycles. The monoisotopic (exact) mass is 84.1 g/mol. The summed E-state index contributed by atoms with van der Waals surface area (Å²) in [6.45, 7) is 1.92. The van der Waals surface area contributed by atoms with E-state index in [1.807, 2.05) is 6.21 Å². The van der Waals surface area contributed by atoms with Gasteiger partial charge in [-0.05, 0) is 6.42 Å². The maximum atomic E-state index is 3.94. The van der Waals surface area contributed by atoms with Gasteiger partial charge in [-0.25, -0.2) is 0 Å². The highest BCUT2D eigenvalue weighted by molar-refractivity contribution is 5.57. The third-order valence-electron chi connectivity index (χ3n) is 0.782. The van der Waals surface area contributed by atoms with Crippen LogP contribution in [0.4, 0.5) is 0 Å². The summed E-state index contributed by atoms with van der Waals surface area (Å²) in [7, 11) is 0. The zero-order chi connectivity index (χ0) is 4.24. The Labute approximate surface area is 37.3 Å². The summed E-state index contributed by atoms with van der Waals surface area (Å²) in [5.41, 5.74) is 0. The van der Waals surface area contributed by atoms with Crippen LogP contribution in [0.15, 0.2) is 4.99 Å². The first-order chi connectivity index (χ1) is 3.00. The molecule has 6 heavy (non-hydrogen) atoms. The molecule has 0 aromatic rings. The lowest BCUT2D eigenvalue weighted by atomic mass is 10.4. The van der Waals surface area contributed by atoms with Gasteiger partial charge in [-0.15, -0.1) is 0 Å². The van der Waals surface area contributed by atoms with E-state index >= 15 is 0 Å². The van der Waals surface area contributed by atoms with Crippen molar-refractivity contribution in [3.8, 4) is 0 Å². The molecule has 0 saturated carbocycles. The molecule has 34 valence electrons. The summed E-state index contributed by atoms with van der Waals surface area (Å²) in [5, 5.41) is 3.09. The van der Waals surface area contributed by atoms with Crippen LogP contribution in [0.5, 0.6) is 0 Å². The largest absolute Gasteiger partial charge is 0.298 e. The van der Waals surface area contributed by atoms with Crippen LogP contribution in [-0.4, -0.2) is 19.4 Å². The zero-order valence-corrected chi connectivity index (χ0v) is 3.65. The normalized spacial score (nSPS) is 21.3. The molecule has 0 fully saturated rings. The number of hydrogen-bond acceptors (Lipinski definition) is 2. The van der Waals surface area contributed by atoms with Crippen LogP contribution in [0.25, 0.3) is 0 Å². The number of hydrogen-bond donors (Lipinski definition) is 1. The van der Waals surface area contributed by atoms with Gasteiger partial charge >= 0.3 is 0 Å².